The van der Waals surface area contributed by atoms with E-state index in [0.29, 0.717) is 5.76 Å². The lowest BCUT2D eigenvalue weighted by atomic mass is 10.2. The minimum atomic E-state index is 0.683. The molecule has 0 aromatic carbocycles. The molecule has 2 heteroatoms. The maximum absolute atomic E-state index is 5.08. The number of rotatable bonds is 5. The summed E-state index contributed by atoms with van der Waals surface area (Å²) in [7, 11) is 0. The highest BCUT2D eigenvalue weighted by molar-refractivity contribution is 14.1. The summed E-state index contributed by atoms with van der Waals surface area (Å²) in [6, 6.07) is 3.66. The number of allylic oxidation sites excluding steroid dienone is 2. The van der Waals surface area contributed by atoms with Crippen LogP contribution in [-0.2, 0) is 0 Å². The molecule has 0 fully saturated rings. The number of furan rings is 1. The molecule has 0 amide bonds. The van der Waals surface area contributed by atoms with Gasteiger partial charge in [-0.3, -0.25) is 0 Å². The van der Waals surface area contributed by atoms with Gasteiger partial charge in [-0.25, -0.2) is 0 Å². The average molecular weight is 352 g/mol. The second kappa shape index (κ2) is 11.0. The maximum atomic E-state index is 5.08. The van der Waals surface area contributed by atoms with Crippen molar-refractivity contribution in [2.24, 2.45) is 0 Å². The first kappa shape index (κ1) is 14.9. The smallest absolute Gasteiger partial charge is 0.176 e. The van der Waals surface area contributed by atoms with Crippen LogP contribution in [0.3, 0.4) is 0 Å². The predicted molar refractivity (Wildman–Crippen MR) is 84.5 cm³/mol. The number of hydrogen-bond donors (Lipinski definition) is 0. The van der Waals surface area contributed by atoms with Gasteiger partial charge in [0.1, 0.15) is 0 Å². The number of unbranched alkanes of at least 4 members (excludes halogenated alkanes) is 4. The van der Waals surface area contributed by atoms with Crippen LogP contribution in [0.1, 0.15) is 37.9 Å². The van der Waals surface area contributed by atoms with Gasteiger partial charge in [0.2, 0.25) is 0 Å². The van der Waals surface area contributed by atoms with Crippen LogP contribution < -0.4 is 0 Å². The highest BCUT2D eigenvalue weighted by atomic mass is 127. The van der Waals surface area contributed by atoms with Gasteiger partial charge in [0, 0.05) is 6.42 Å². The molecular weight excluding hydrogens is 335 g/mol. The Balaban J connectivity index is 2.09. The van der Waals surface area contributed by atoms with E-state index >= 15 is 0 Å². The molecule has 1 aromatic heterocycles. The van der Waals surface area contributed by atoms with Crippen molar-refractivity contribution in [3.63, 3.8) is 0 Å². The Kier molecular flexibility index (Phi) is 9.11. The summed E-state index contributed by atoms with van der Waals surface area (Å²) >= 11 is 2.42. The lowest BCUT2D eigenvalue weighted by molar-refractivity contribution is 0.554. The molecule has 18 heavy (non-hydrogen) atoms. The molecular formula is C16H17IO. The molecule has 0 saturated carbocycles. The molecule has 0 N–H and O–H groups in total. The zero-order valence-electron chi connectivity index (χ0n) is 10.4. The molecule has 0 aliphatic heterocycles. The van der Waals surface area contributed by atoms with Gasteiger partial charge in [-0.1, -0.05) is 53.2 Å². The quantitative estimate of drug-likeness (QED) is 0.327. The largest absolute Gasteiger partial charge is 0.456 e. The van der Waals surface area contributed by atoms with E-state index in [1.807, 2.05) is 12.1 Å². The second-order valence-electron chi connectivity index (χ2n) is 3.75. The Hall–Kier alpha value is -1.13. The monoisotopic (exact) mass is 352 g/mol. The Labute approximate surface area is 123 Å². The van der Waals surface area contributed by atoms with Crippen molar-refractivity contribution in [2.75, 3.05) is 4.43 Å². The molecule has 0 spiro atoms. The van der Waals surface area contributed by atoms with Crippen molar-refractivity contribution >= 4 is 22.6 Å². The molecule has 1 nitrogen and oxygen atoms in total. The Bertz CT molecular complexity index is 449. The molecule has 0 saturated heterocycles. The lowest BCUT2D eigenvalue weighted by Gasteiger charge is -1.93. The Morgan fingerprint density at radius 3 is 2.72 bits per heavy atom. The topological polar surface area (TPSA) is 13.1 Å². The summed E-state index contributed by atoms with van der Waals surface area (Å²) in [5.74, 6) is 12.6. The normalized spacial score (nSPS) is 9.61. The van der Waals surface area contributed by atoms with Gasteiger partial charge in [-0.2, -0.15) is 0 Å². The minimum absolute atomic E-state index is 0.683. The summed E-state index contributed by atoms with van der Waals surface area (Å²) in [6.07, 6.45) is 11.3. The van der Waals surface area contributed by atoms with Crippen molar-refractivity contribution in [1.82, 2.24) is 0 Å². The van der Waals surface area contributed by atoms with Crippen molar-refractivity contribution < 1.29 is 4.42 Å². The van der Waals surface area contributed by atoms with Crippen LogP contribution in [0.5, 0.6) is 0 Å². The molecule has 1 heterocycles. The van der Waals surface area contributed by atoms with Crippen LogP contribution in [0.4, 0.5) is 0 Å². The van der Waals surface area contributed by atoms with Crippen LogP contribution in [0, 0.1) is 23.7 Å². The maximum Gasteiger partial charge on any atom is 0.176 e. The third-order valence-electron chi connectivity index (χ3n) is 2.25. The lowest BCUT2D eigenvalue weighted by Crippen LogP contribution is -1.77. The summed E-state index contributed by atoms with van der Waals surface area (Å²) in [4.78, 5) is 0. The van der Waals surface area contributed by atoms with E-state index in [0.717, 1.165) is 6.42 Å². The first-order valence-electron chi connectivity index (χ1n) is 6.18. The molecule has 0 radical (unpaired) electrons. The third-order valence-corrected chi connectivity index (χ3v) is 3.02. The number of halogens is 1. The minimum Gasteiger partial charge on any atom is -0.456 e. The summed E-state index contributed by atoms with van der Waals surface area (Å²) in [6.45, 7) is 0. The second-order valence-corrected chi connectivity index (χ2v) is 4.83. The molecule has 1 rings (SSSR count). The van der Waals surface area contributed by atoms with E-state index in [1.165, 1.54) is 30.1 Å². The van der Waals surface area contributed by atoms with Crippen LogP contribution in [0.15, 0.2) is 35.0 Å². The first-order chi connectivity index (χ1) is 8.93. The fourth-order valence-electron chi connectivity index (χ4n) is 1.34. The Morgan fingerprint density at radius 1 is 1.11 bits per heavy atom. The molecule has 0 aliphatic rings. The van der Waals surface area contributed by atoms with Crippen LogP contribution in [0.25, 0.3) is 0 Å². The van der Waals surface area contributed by atoms with Gasteiger partial charge in [0.25, 0.3) is 0 Å². The SMILES string of the molecule is ICCCCCCC#C/C=C\C#Cc1ccco1. The van der Waals surface area contributed by atoms with Crippen molar-refractivity contribution in [2.45, 2.75) is 32.1 Å². The highest BCUT2D eigenvalue weighted by Crippen LogP contribution is 2.03. The zero-order valence-corrected chi connectivity index (χ0v) is 12.6. The van der Waals surface area contributed by atoms with Gasteiger partial charge in [-0.15, -0.1) is 0 Å². The number of alkyl halides is 1. The molecule has 0 unspecified atom stereocenters. The summed E-state index contributed by atoms with van der Waals surface area (Å²) in [5.41, 5.74) is 0. The van der Waals surface area contributed by atoms with Gasteiger partial charge in [-0.05, 0) is 47.5 Å². The standard InChI is InChI=1S/C16H17IO/c17-14-10-8-6-4-2-1-3-5-7-9-12-16-13-11-15-18-16/h5,7,11,13,15H,2,4,6,8,10,14H2/b7-5-. The summed E-state index contributed by atoms with van der Waals surface area (Å²) < 4.78 is 6.35. The molecule has 1 aromatic rings. The van der Waals surface area contributed by atoms with Crippen LogP contribution >= 0.6 is 22.6 Å². The van der Waals surface area contributed by atoms with E-state index in [1.54, 1.807) is 18.4 Å². The average Bonchev–Trinajstić information content (AvgIpc) is 2.89. The van der Waals surface area contributed by atoms with Gasteiger partial charge in [0.05, 0.1) is 6.26 Å². The van der Waals surface area contributed by atoms with E-state index in [4.69, 9.17) is 4.42 Å². The van der Waals surface area contributed by atoms with Gasteiger partial charge >= 0.3 is 0 Å². The highest BCUT2D eigenvalue weighted by Gasteiger charge is 1.86. The molecule has 94 valence electrons. The molecule has 0 bridgehead atoms. The fourth-order valence-corrected chi connectivity index (χ4v) is 1.88. The van der Waals surface area contributed by atoms with Gasteiger partial charge < -0.3 is 4.42 Å². The molecule has 0 aliphatic carbocycles. The molecule has 0 atom stereocenters. The van der Waals surface area contributed by atoms with E-state index in [-0.39, 0.29) is 0 Å². The third kappa shape index (κ3) is 8.03. The van der Waals surface area contributed by atoms with Gasteiger partial charge in [0.15, 0.2) is 5.76 Å². The predicted octanol–water partition coefficient (Wildman–Crippen LogP) is 4.58. The van der Waals surface area contributed by atoms with E-state index in [2.05, 4.69) is 46.3 Å². The van der Waals surface area contributed by atoms with E-state index < -0.39 is 0 Å². The van der Waals surface area contributed by atoms with Crippen molar-refractivity contribution in [3.05, 3.63) is 36.3 Å². The fraction of sp³-hybridized carbons (Fsp3) is 0.375. The van der Waals surface area contributed by atoms with E-state index in [9.17, 15) is 0 Å². The van der Waals surface area contributed by atoms with Crippen molar-refractivity contribution in [3.8, 4) is 23.7 Å². The zero-order chi connectivity index (χ0) is 12.9. The van der Waals surface area contributed by atoms with Crippen LogP contribution in [0.2, 0.25) is 0 Å². The first-order valence-corrected chi connectivity index (χ1v) is 7.70. The number of hydrogen-bond acceptors (Lipinski definition) is 1. The van der Waals surface area contributed by atoms with Crippen LogP contribution in [-0.4, -0.2) is 4.43 Å². The van der Waals surface area contributed by atoms with Crippen molar-refractivity contribution in [1.29, 1.82) is 0 Å². The Morgan fingerprint density at radius 2 is 1.94 bits per heavy atom. The summed E-state index contributed by atoms with van der Waals surface area (Å²) in [5, 5.41) is 0.